The van der Waals surface area contributed by atoms with E-state index in [9.17, 15) is 14.7 Å². The van der Waals surface area contributed by atoms with E-state index in [0.717, 1.165) is 61.5 Å². The molecule has 2 aliphatic rings. The molecule has 3 unspecified atom stereocenters. The summed E-state index contributed by atoms with van der Waals surface area (Å²) in [6.07, 6.45) is 1.70. The van der Waals surface area contributed by atoms with Crippen molar-refractivity contribution in [3.05, 3.63) is 70.8 Å². The predicted octanol–water partition coefficient (Wildman–Crippen LogP) is 2.74. The number of hydroxylamine groups is 1. The molecule has 2 heterocycles. The number of benzene rings is 2. The van der Waals surface area contributed by atoms with Crippen LogP contribution in [0.3, 0.4) is 0 Å². The number of hydrogen-bond donors (Lipinski definition) is 4. The molecule has 0 bridgehead atoms. The molecule has 2 amide bonds. The second kappa shape index (κ2) is 15.1. The zero-order valence-corrected chi connectivity index (χ0v) is 22.2. The number of carbonyl (C=O) groups excluding carboxylic acids is 2. The lowest BCUT2D eigenvalue weighted by Crippen LogP contribution is -2.44. The van der Waals surface area contributed by atoms with Crippen LogP contribution in [0.15, 0.2) is 48.5 Å². The molecule has 0 radical (unpaired) electrons. The number of rotatable bonds is 12. The maximum atomic E-state index is 12.1. The number of aliphatic hydroxyl groups excluding tert-OH is 1. The first kappa shape index (κ1) is 29.1. The molecule has 0 saturated carbocycles. The van der Waals surface area contributed by atoms with Gasteiger partial charge in [0.1, 0.15) is 0 Å². The number of morpholine rings is 1. The summed E-state index contributed by atoms with van der Waals surface area (Å²) in [7, 11) is 0. The van der Waals surface area contributed by atoms with E-state index in [-0.39, 0.29) is 31.1 Å². The Balaban J connectivity index is 1.34. The van der Waals surface area contributed by atoms with Crippen molar-refractivity contribution < 1.29 is 34.1 Å². The topological polar surface area (TPSA) is 130 Å². The summed E-state index contributed by atoms with van der Waals surface area (Å²) in [5.74, 6) is -0.525. The van der Waals surface area contributed by atoms with Crippen molar-refractivity contribution in [2.75, 3.05) is 32.8 Å². The molecule has 0 aromatic heterocycles. The summed E-state index contributed by atoms with van der Waals surface area (Å²) in [5.41, 5.74) is 5.39. The molecule has 39 heavy (non-hydrogen) atoms. The summed E-state index contributed by atoms with van der Waals surface area (Å²) in [5, 5.41) is 20.8. The number of nitrogens with one attached hydrogen (secondary N) is 2. The SMILES string of the molecule is O=C(CCCCC(=O)NCc1ccc(C2OC(CN3CCOCC3)CC(c3ccc(CO)cc3)O2)cc1)NO. The lowest BCUT2D eigenvalue weighted by atomic mass is 9.99. The summed E-state index contributed by atoms with van der Waals surface area (Å²) in [6.45, 7) is 4.47. The molecule has 2 aromatic rings. The first-order valence-corrected chi connectivity index (χ1v) is 13.6. The first-order valence-electron chi connectivity index (χ1n) is 13.6. The van der Waals surface area contributed by atoms with Crippen molar-refractivity contribution in [3.8, 4) is 0 Å². The van der Waals surface area contributed by atoms with E-state index >= 15 is 0 Å². The van der Waals surface area contributed by atoms with Crippen molar-refractivity contribution >= 4 is 11.8 Å². The summed E-state index contributed by atoms with van der Waals surface area (Å²) in [4.78, 5) is 25.5. The van der Waals surface area contributed by atoms with Crippen LogP contribution in [0.2, 0.25) is 0 Å². The Morgan fingerprint density at radius 3 is 2.18 bits per heavy atom. The molecule has 0 spiro atoms. The minimum Gasteiger partial charge on any atom is -0.392 e. The second-order valence-electron chi connectivity index (χ2n) is 10.0. The molecule has 3 atom stereocenters. The van der Waals surface area contributed by atoms with Crippen molar-refractivity contribution in [1.29, 1.82) is 0 Å². The van der Waals surface area contributed by atoms with Gasteiger partial charge in [-0.1, -0.05) is 48.5 Å². The van der Waals surface area contributed by atoms with Gasteiger partial charge in [-0.3, -0.25) is 19.7 Å². The fourth-order valence-electron chi connectivity index (χ4n) is 4.81. The third-order valence-corrected chi connectivity index (χ3v) is 7.10. The van der Waals surface area contributed by atoms with Crippen molar-refractivity contribution in [2.24, 2.45) is 0 Å². The molecular formula is C29H39N3O7. The lowest BCUT2D eigenvalue weighted by Gasteiger charge is -2.39. The first-order chi connectivity index (χ1) is 19.0. The Morgan fingerprint density at radius 1 is 0.872 bits per heavy atom. The van der Waals surface area contributed by atoms with Crippen LogP contribution in [0.25, 0.3) is 0 Å². The van der Waals surface area contributed by atoms with Crippen molar-refractivity contribution in [2.45, 2.75) is 63.8 Å². The van der Waals surface area contributed by atoms with Crippen LogP contribution in [0.5, 0.6) is 0 Å². The van der Waals surface area contributed by atoms with Crippen LogP contribution in [-0.4, -0.2) is 66.0 Å². The van der Waals surface area contributed by atoms with Gasteiger partial charge in [-0.15, -0.1) is 0 Å². The molecule has 2 saturated heterocycles. The largest absolute Gasteiger partial charge is 0.392 e. The molecule has 2 aromatic carbocycles. The van der Waals surface area contributed by atoms with Crippen LogP contribution >= 0.6 is 0 Å². The maximum absolute atomic E-state index is 12.1. The highest BCUT2D eigenvalue weighted by Gasteiger charge is 2.33. The quantitative estimate of drug-likeness (QED) is 0.183. The minimum atomic E-state index is -0.521. The molecule has 2 aliphatic heterocycles. The zero-order valence-electron chi connectivity index (χ0n) is 22.2. The Kier molecular flexibility index (Phi) is 11.3. The van der Waals surface area contributed by atoms with Gasteiger partial charge >= 0.3 is 0 Å². The summed E-state index contributed by atoms with van der Waals surface area (Å²) < 4.78 is 18.4. The highest BCUT2D eigenvalue weighted by Crippen LogP contribution is 2.38. The van der Waals surface area contributed by atoms with Crippen LogP contribution in [-0.2, 0) is 37.0 Å². The van der Waals surface area contributed by atoms with Crippen LogP contribution < -0.4 is 10.8 Å². The van der Waals surface area contributed by atoms with Gasteiger partial charge in [0.15, 0.2) is 6.29 Å². The maximum Gasteiger partial charge on any atom is 0.243 e. The van der Waals surface area contributed by atoms with Crippen molar-refractivity contribution in [1.82, 2.24) is 15.7 Å². The third kappa shape index (κ3) is 9.10. The van der Waals surface area contributed by atoms with Gasteiger partial charge in [0.05, 0.1) is 32.0 Å². The third-order valence-electron chi connectivity index (χ3n) is 7.10. The highest BCUT2D eigenvalue weighted by atomic mass is 16.7. The van der Waals surface area contributed by atoms with Crippen LogP contribution in [0, 0.1) is 0 Å². The molecule has 212 valence electrons. The van der Waals surface area contributed by atoms with Gasteiger partial charge < -0.3 is 24.6 Å². The van der Waals surface area contributed by atoms with E-state index < -0.39 is 12.2 Å². The molecule has 4 rings (SSSR count). The number of amides is 2. The van der Waals surface area contributed by atoms with E-state index in [2.05, 4.69) is 10.2 Å². The molecule has 4 N–H and O–H groups in total. The van der Waals surface area contributed by atoms with E-state index in [4.69, 9.17) is 19.4 Å². The number of aliphatic hydroxyl groups is 1. The van der Waals surface area contributed by atoms with E-state index in [1.807, 2.05) is 48.5 Å². The number of unbranched alkanes of at least 4 members (excludes halogenated alkanes) is 1. The standard InChI is InChI=1S/C29H39N3O7/c33-20-22-7-9-23(10-8-22)26-17-25(19-32-13-15-37-16-14-32)38-29(39-26)24-11-5-21(6-12-24)18-30-27(34)3-1-2-4-28(35)31-36/h5-12,25-26,29,33,36H,1-4,13-20H2,(H,30,34)(H,31,35). The zero-order chi connectivity index (χ0) is 27.5. The second-order valence-corrected chi connectivity index (χ2v) is 10.0. The van der Waals surface area contributed by atoms with E-state index in [0.29, 0.717) is 25.8 Å². The van der Waals surface area contributed by atoms with Crippen molar-refractivity contribution in [3.63, 3.8) is 0 Å². The Hall–Kier alpha value is -2.86. The van der Waals surface area contributed by atoms with E-state index in [1.165, 1.54) is 0 Å². The molecule has 2 fully saturated rings. The normalized spacial score (nSPS) is 21.8. The monoisotopic (exact) mass is 541 g/mol. The van der Waals surface area contributed by atoms with Gasteiger partial charge in [0.25, 0.3) is 0 Å². The molecule has 0 aliphatic carbocycles. The predicted molar refractivity (Wildman–Crippen MR) is 142 cm³/mol. The Labute approximate surface area is 229 Å². The lowest BCUT2D eigenvalue weighted by molar-refractivity contribution is -0.253. The van der Waals surface area contributed by atoms with Gasteiger partial charge in [-0.25, -0.2) is 5.48 Å². The molecule has 10 heteroatoms. The number of ether oxygens (including phenoxy) is 3. The van der Waals surface area contributed by atoms with Gasteiger partial charge in [0.2, 0.25) is 11.8 Å². The number of nitrogens with zero attached hydrogens (tertiary/aromatic N) is 1. The fourth-order valence-corrected chi connectivity index (χ4v) is 4.81. The summed E-state index contributed by atoms with van der Waals surface area (Å²) in [6, 6.07) is 15.7. The van der Waals surface area contributed by atoms with Crippen LogP contribution in [0.4, 0.5) is 0 Å². The number of hydrogen-bond acceptors (Lipinski definition) is 8. The average molecular weight is 542 g/mol. The number of carbonyl (C=O) groups is 2. The fraction of sp³-hybridized carbons (Fsp3) is 0.517. The van der Waals surface area contributed by atoms with Gasteiger partial charge in [-0.05, 0) is 29.5 Å². The molecule has 10 nitrogen and oxygen atoms in total. The Bertz CT molecular complexity index is 1040. The average Bonchev–Trinajstić information content (AvgIpc) is 2.98. The smallest absolute Gasteiger partial charge is 0.243 e. The van der Waals surface area contributed by atoms with E-state index in [1.54, 1.807) is 5.48 Å². The van der Waals surface area contributed by atoms with Crippen LogP contribution in [0.1, 0.15) is 66.8 Å². The Morgan fingerprint density at radius 2 is 1.51 bits per heavy atom. The molecular weight excluding hydrogens is 502 g/mol. The van der Waals surface area contributed by atoms with Gasteiger partial charge in [-0.2, -0.15) is 0 Å². The van der Waals surface area contributed by atoms with Gasteiger partial charge in [0, 0.05) is 51.0 Å². The highest BCUT2D eigenvalue weighted by molar-refractivity contribution is 5.76. The minimum absolute atomic E-state index is 0.00729. The summed E-state index contributed by atoms with van der Waals surface area (Å²) >= 11 is 0.